The van der Waals surface area contributed by atoms with Crippen LogP contribution in [0, 0.1) is 0 Å². The Morgan fingerprint density at radius 2 is 2.19 bits per heavy atom. The molecule has 0 unspecified atom stereocenters. The number of hydrazone groups is 1. The van der Waals surface area contributed by atoms with Gasteiger partial charge >= 0.3 is 0 Å². The molecule has 0 saturated heterocycles. The fraction of sp³-hybridized carbons (Fsp3) is 0.312. The number of benzene rings is 1. The molecular weight excluding hydrogens is 264 g/mol. The number of nitrogens with zero attached hydrogens (tertiary/aromatic N) is 2. The molecule has 1 aromatic carbocycles. The zero-order valence-electron chi connectivity index (χ0n) is 12.1. The zero-order valence-corrected chi connectivity index (χ0v) is 12.1. The molecule has 110 valence electrons. The summed E-state index contributed by atoms with van der Waals surface area (Å²) >= 11 is 0. The van der Waals surface area contributed by atoms with E-state index >= 15 is 0 Å². The minimum atomic E-state index is -0.0437. The molecule has 21 heavy (non-hydrogen) atoms. The smallest absolute Gasteiger partial charge is 0.240 e. The highest BCUT2D eigenvalue weighted by molar-refractivity contribution is 5.89. The zero-order chi connectivity index (χ0) is 14.9. The summed E-state index contributed by atoms with van der Waals surface area (Å²) in [5.41, 5.74) is 8.22. The van der Waals surface area contributed by atoms with Crippen LogP contribution < -0.4 is 11.2 Å². The fourth-order valence-corrected chi connectivity index (χ4v) is 2.05. The van der Waals surface area contributed by atoms with Crippen LogP contribution in [0.15, 0.2) is 41.6 Å². The van der Waals surface area contributed by atoms with Gasteiger partial charge in [0.05, 0.1) is 18.3 Å². The van der Waals surface area contributed by atoms with E-state index in [1.54, 1.807) is 12.4 Å². The van der Waals surface area contributed by atoms with Gasteiger partial charge in [0.25, 0.3) is 0 Å². The molecular formula is C16H21N4O+. The third-order valence-electron chi connectivity index (χ3n) is 3.18. The number of rotatable bonds is 7. The molecule has 0 fully saturated rings. The highest BCUT2D eigenvalue weighted by Crippen LogP contribution is 2.11. The van der Waals surface area contributed by atoms with Gasteiger partial charge in [-0.1, -0.05) is 12.1 Å². The molecule has 0 aliphatic rings. The first-order valence-corrected chi connectivity index (χ1v) is 7.25. The first-order chi connectivity index (χ1) is 10.3. The summed E-state index contributed by atoms with van der Waals surface area (Å²) in [7, 11) is 0. The van der Waals surface area contributed by atoms with Crippen LogP contribution in [0.2, 0.25) is 0 Å². The normalized spacial score (nSPS) is 11.1. The van der Waals surface area contributed by atoms with Gasteiger partial charge in [0, 0.05) is 18.0 Å². The van der Waals surface area contributed by atoms with E-state index in [9.17, 15) is 4.79 Å². The lowest BCUT2D eigenvalue weighted by Crippen LogP contribution is -2.50. The average molecular weight is 285 g/mol. The Morgan fingerprint density at radius 3 is 3.05 bits per heavy atom. The molecule has 4 N–H and O–H groups in total. The van der Waals surface area contributed by atoms with Crippen molar-refractivity contribution in [2.75, 3.05) is 6.54 Å². The van der Waals surface area contributed by atoms with E-state index in [1.165, 1.54) is 0 Å². The van der Waals surface area contributed by atoms with Crippen LogP contribution in [0.3, 0.4) is 0 Å². The summed E-state index contributed by atoms with van der Waals surface area (Å²) in [6.07, 6.45) is 6.93. The number of aromatic nitrogens is 1. The lowest BCUT2D eigenvalue weighted by Gasteiger charge is -2.00. The van der Waals surface area contributed by atoms with Gasteiger partial charge in [0.15, 0.2) is 0 Å². The number of hydrogen-bond acceptors (Lipinski definition) is 3. The number of nitrogens with one attached hydrogen (secondary N) is 1. The number of carbonyl (C=O) groups is 1. The Labute approximate surface area is 124 Å². The van der Waals surface area contributed by atoms with E-state index in [-0.39, 0.29) is 5.91 Å². The van der Waals surface area contributed by atoms with Crippen molar-refractivity contribution in [3.8, 4) is 0 Å². The highest BCUT2D eigenvalue weighted by Gasteiger charge is 1.99. The molecule has 1 aromatic heterocycles. The maximum absolute atomic E-state index is 11.6. The molecule has 2 rings (SSSR count). The van der Waals surface area contributed by atoms with Gasteiger partial charge in [0.2, 0.25) is 5.91 Å². The molecule has 2 aromatic rings. The maximum Gasteiger partial charge on any atom is 0.240 e. The first kappa shape index (κ1) is 15.1. The molecule has 1 heterocycles. The van der Waals surface area contributed by atoms with Gasteiger partial charge in [-0.25, -0.2) is 5.43 Å². The van der Waals surface area contributed by atoms with E-state index < -0.39 is 0 Å². The number of fused-ring (bicyclic) bond motifs is 1. The Bertz CT molecular complexity index is 624. The van der Waals surface area contributed by atoms with E-state index in [0.717, 1.165) is 42.3 Å². The van der Waals surface area contributed by atoms with E-state index in [2.05, 4.69) is 21.2 Å². The van der Waals surface area contributed by atoms with Crippen molar-refractivity contribution >= 4 is 23.0 Å². The molecule has 0 aliphatic carbocycles. The molecule has 0 atom stereocenters. The van der Waals surface area contributed by atoms with Gasteiger partial charge in [-0.3, -0.25) is 9.78 Å². The molecule has 0 spiro atoms. The molecule has 1 amide bonds. The topological polar surface area (TPSA) is 82.0 Å². The van der Waals surface area contributed by atoms with Crippen LogP contribution in [-0.2, 0) is 4.79 Å². The number of hydrogen-bond donors (Lipinski definition) is 2. The minimum Gasteiger partial charge on any atom is -0.358 e. The van der Waals surface area contributed by atoms with Crippen LogP contribution in [0.1, 0.15) is 31.2 Å². The maximum atomic E-state index is 11.6. The number of pyridine rings is 1. The van der Waals surface area contributed by atoms with Gasteiger partial charge < -0.3 is 5.73 Å². The van der Waals surface area contributed by atoms with Gasteiger partial charge in [0.1, 0.15) is 0 Å². The van der Waals surface area contributed by atoms with E-state index in [4.69, 9.17) is 0 Å². The Kier molecular flexibility index (Phi) is 5.84. The number of carbonyl (C=O) groups excluding carboxylic acids is 1. The summed E-state index contributed by atoms with van der Waals surface area (Å²) in [5.74, 6) is -0.0437. The second kappa shape index (κ2) is 8.11. The Hall–Kier alpha value is -2.27. The van der Waals surface area contributed by atoms with E-state index in [0.29, 0.717) is 6.42 Å². The van der Waals surface area contributed by atoms with Crippen molar-refractivity contribution in [1.29, 1.82) is 0 Å². The van der Waals surface area contributed by atoms with Crippen LogP contribution in [0.25, 0.3) is 10.9 Å². The van der Waals surface area contributed by atoms with Gasteiger partial charge in [-0.05, 0) is 43.0 Å². The SMILES string of the molecule is [NH3+]CCCCCC(=O)NN=Cc1ccc2ncccc2c1. The van der Waals surface area contributed by atoms with Crippen molar-refractivity contribution in [3.63, 3.8) is 0 Å². The first-order valence-electron chi connectivity index (χ1n) is 7.25. The third kappa shape index (κ3) is 4.96. The quantitative estimate of drug-likeness (QED) is 0.459. The fourth-order valence-electron chi connectivity index (χ4n) is 2.05. The van der Waals surface area contributed by atoms with Crippen molar-refractivity contribution in [2.45, 2.75) is 25.7 Å². The van der Waals surface area contributed by atoms with Crippen LogP contribution in [-0.4, -0.2) is 23.7 Å². The number of quaternary nitrogens is 1. The van der Waals surface area contributed by atoms with Gasteiger partial charge in [-0.15, -0.1) is 0 Å². The molecule has 0 saturated carbocycles. The van der Waals surface area contributed by atoms with Crippen LogP contribution in [0.5, 0.6) is 0 Å². The van der Waals surface area contributed by atoms with E-state index in [1.807, 2.05) is 30.3 Å². The van der Waals surface area contributed by atoms with Crippen molar-refractivity contribution < 1.29 is 10.5 Å². The third-order valence-corrected chi connectivity index (χ3v) is 3.18. The molecule has 0 radical (unpaired) electrons. The monoisotopic (exact) mass is 285 g/mol. The summed E-state index contributed by atoms with van der Waals surface area (Å²) in [5, 5.41) is 5.05. The molecule has 5 heteroatoms. The second-order valence-corrected chi connectivity index (χ2v) is 4.91. The average Bonchev–Trinajstić information content (AvgIpc) is 2.51. The van der Waals surface area contributed by atoms with Crippen LogP contribution in [0.4, 0.5) is 0 Å². The largest absolute Gasteiger partial charge is 0.358 e. The number of amides is 1. The van der Waals surface area contributed by atoms with Crippen molar-refractivity contribution in [1.82, 2.24) is 10.4 Å². The summed E-state index contributed by atoms with van der Waals surface area (Å²) < 4.78 is 0. The second-order valence-electron chi connectivity index (χ2n) is 4.91. The van der Waals surface area contributed by atoms with Crippen LogP contribution >= 0.6 is 0 Å². The predicted molar refractivity (Wildman–Crippen MR) is 83.7 cm³/mol. The Morgan fingerprint density at radius 1 is 1.29 bits per heavy atom. The minimum absolute atomic E-state index is 0.0437. The summed E-state index contributed by atoms with van der Waals surface area (Å²) in [4.78, 5) is 15.8. The summed E-state index contributed by atoms with van der Waals surface area (Å²) in [6.45, 7) is 0.927. The van der Waals surface area contributed by atoms with Gasteiger partial charge in [-0.2, -0.15) is 5.10 Å². The number of unbranched alkanes of at least 4 members (excludes halogenated alkanes) is 2. The molecule has 0 bridgehead atoms. The van der Waals surface area contributed by atoms with Crippen molar-refractivity contribution in [2.24, 2.45) is 5.10 Å². The lowest BCUT2D eigenvalue weighted by molar-refractivity contribution is -0.368. The highest BCUT2D eigenvalue weighted by atomic mass is 16.2. The standard InChI is InChI=1S/C16H20N4O/c17-9-3-1-2-6-16(21)20-19-12-13-7-8-15-14(11-13)5-4-10-18-15/h4-5,7-8,10-12H,1-3,6,9,17H2,(H,20,21)/p+1. The molecule has 5 nitrogen and oxygen atoms in total. The molecule has 0 aliphatic heterocycles. The predicted octanol–water partition coefficient (Wildman–Crippen LogP) is 1.49. The summed E-state index contributed by atoms with van der Waals surface area (Å²) in [6, 6.07) is 9.76. The van der Waals surface area contributed by atoms with Crippen molar-refractivity contribution in [3.05, 3.63) is 42.1 Å². The Balaban J connectivity index is 1.83. The lowest BCUT2D eigenvalue weighted by atomic mass is 10.1.